The van der Waals surface area contributed by atoms with E-state index in [4.69, 9.17) is 11.2 Å². The lowest BCUT2D eigenvalue weighted by atomic mass is 9.87. The van der Waals surface area contributed by atoms with Gasteiger partial charge >= 0.3 is 0 Å². The molecule has 0 spiro atoms. The van der Waals surface area contributed by atoms with Crippen LogP contribution in [0.2, 0.25) is 0 Å². The third kappa shape index (κ3) is 3.92. The molecule has 0 fully saturated rings. The van der Waals surface area contributed by atoms with Crippen molar-refractivity contribution in [2.75, 3.05) is 11.1 Å². The number of fused-ring (bicyclic) bond motifs is 1. The van der Waals surface area contributed by atoms with Gasteiger partial charge in [-0.1, -0.05) is 29.8 Å². The summed E-state index contributed by atoms with van der Waals surface area (Å²) < 4.78 is 5.65. The summed E-state index contributed by atoms with van der Waals surface area (Å²) in [5.41, 5.74) is 1.07. The molecule has 2 N–H and O–H groups in total. The van der Waals surface area contributed by atoms with Gasteiger partial charge in [0.05, 0.1) is 17.4 Å². The molecule has 1 aliphatic heterocycles. The number of aromatic amines is 1. The van der Waals surface area contributed by atoms with Crippen LogP contribution in [0.4, 0.5) is 5.82 Å². The second kappa shape index (κ2) is 7.67. The van der Waals surface area contributed by atoms with Gasteiger partial charge in [0.1, 0.15) is 11.6 Å². The van der Waals surface area contributed by atoms with Crippen LogP contribution in [-0.2, 0) is 4.79 Å². The molecule has 0 bridgehead atoms. The van der Waals surface area contributed by atoms with Gasteiger partial charge in [0, 0.05) is 12.3 Å². The van der Waals surface area contributed by atoms with Crippen molar-refractivity contribution in [3.05, 3.63) is 45.7 Å². The average Bonchev–Trinajstić information content (AvgIpc) is 2.59. The summed E-state index contributed by atoms with van der Waals surface area (Å²) in [6.45, 7) is 3.91. The van der Waals surface area contributed by atoms with E-state index in [-0.39, 0.29) is 29.9 Å². The monoisotopic (exact) mass is 369 g/mol. The Morgan fingerprint density at radius 3 is 2.73 bits per heavy atom. The molecule has 2 aromatic rings. The van der Waals surface area contributed by atoms with Crippen molar-refractivity contribution in [2.45, 2.75) is 37.4 Å². The second-order valence-corrected chi connectivity index (χ2v) is 7.13. The maximum Gasteiger partial charge on any atom is 0.257 e. The number of ether oxygens (including phenoxy) is 1. The summed E-state index contributed by atoms with van der Waals surface area (Å²) in [7, 11) is 0. The number of aromatic nitrogens is 2. The largest absolute Gasteiger partial charge is 0.491 e. The third-order valence-corrected chi connectivity index (χ3v) is 4.65. The van der Waals surface area contributed by atoms with E-state index in [1.54, 1.807) is 0 Å². The van der Waals surface area contributed by atoms with Crippen LogP contribution in [0.5, 0.6) is 5.75 Å². The van der Waals surface area contributed by atoms with Crippen molar-refractivity contribution in [1.29, 1.82) is 0 Å². The SMILES string of the molecule is C#CCSc1nc2c(c(=O)[nH]1)C(c1ccc(OC(C)C)cc1)CC(=O)N2. The molecule has 1 amide bonds. The lowest BCUT2D eigenvalue weighted by molar-refractivity contribution is -0.116. The first-order chi connectivity index (χ1) is 12.5. The lowest BCUT2D eigenvalue weighted by Gasteiger charge is -2.24. The summed E-state index contributed by atoms with van der Waals surface area (Å²) in [5.74, 6) is 3.39. The molecule has 2 heterocycles. The van der Waals surface area contributed by atoms with Crippen LogP contribution < -0.4 is 15.6 Å². The topological polar surface area (TPSA) is 84.1 Å². The first-order valence-corrected chi connectivity index (χ1v) is 9.23. The van der Waals surface area contributed by atoms with E-state index in [9.17, 15) is 9.59 Å². The van der Waals surface area contributed by atoms with Crippen LogP contribution in [0.3, 0.4) is 0 Å². The summed E-state index contributed by atoms with van der Waals surface area (Å²) in [5, 5.41) is 3.09. The number of anilines is 1. The summed E-state index contributed by atoms with van der Waals surface area (Å²) in [4.78, 5) is 31.8. The van der Waals surface area contributed by atoms with E-state index >= 15 is 0 Å². The van der Waals surface area contributed by atoms with E-state index in [0.717, 1.165) is 11.3 Å². The maximum absolute atomic E-state index is 12.6. The highest BCUT2D eigenvalue weighted by Crippen LogP contribution is 2.35. The number of carbonyl (C=O) groups is 1. The van der Waals surface area contributed by atoms with Crippen LogP contribution in [0, 0.1) is 12.3 Å². The minimum Gasteiger partial charge on any atom is -0.491 e. The van der Waals surface area contributed by atoms with E-state index in [0.29, 0.717) is 22.3 Å². The molecule has 0 aliphatic carbocycles. The van der Waals surface area contributed by atoms with Gasteiger partial charge in [0.25, 0.3) is 5.56 Å². The van der Waals surface area contributed by atoms with Gasteiger partial charge in [0.15, 0.2) is 5.16 Å². The minimum atomic E-state index is -0.352. The Balaban J connectivity index is 1.97. The molecular formula is C19H19N3O3S. The molecule has 0 radical (unpaired) electrons. The minimum absolute atomic E-state index is 0.0769. The van der Waals surface area contributed by atoms with Gasteiger partial charge in [-0.3, -0.25) is 9.59 Å². The molecule has 26 heavy (non-hydrogen) atoms. The van der Waals surface area contributed by atoms with Crippen LogP contribution in [0.25, 0.3) is 0 Å². The zero-order valence-electron chi connectivity index (χ0n) is 14.5. The van der Waals surface area contributed by atoms with Gasteiger partial charge in [-0.15, -0.1) is 6.42 Å². The predicted octanol–water partition coefficient (Wildman–Crippen LogP) is 2.76. The van der Waals surface area contributed by atoms with Gasteiger partial charge in [-0.25, -0.2) is 4.98 Å². The number of hydrogen-bond acceptors (Lipinski definition) is 5. The van der Waals surface area contributed by atoms with Crippen molar-refractivity contribution >= 4 is 23.5 Å². The second-order valence-electron chi connectivity index (χ2n) is 6.17. The molecule has 1 aromatic carbocycles. The van der Waals surface area contributed by atoms with E-state index in [1.165, 1.54) is 11.8 Å². The van der Waals surface area contributed by atoms with Crippen LogP contribution in [-0.4, -0.2) is 27.7 Å². The van der Waals surface area contributed by atoms with E-state index < -0.39 is 0 Å². The first kappa shape index (κ1) is 18.1. The predicted molar refractivity (Wildman–Crippen MR) is 102 cm³/mol. The zero-order chi connectivity index (χ0) is 18.7. The smallest absolute Gasteiger partial charge is 0.257 e. The quantitative estimate of drug-likeness (QED) is 0.481. The Morgan fingerprint density at radius 1 is 1.35 bits per heavy atom. The number of hydrogen-bond donors (Lipinski definition) is 2. The van der Waals surface area contributed by atoms with E-state index in [1.807, 2.05) is 38.1 Å². The highest BCUT2D eigenvalue weighted by molar-refractivity contribution is 7.99. The number of nitrogens with zero attached hydrogens (tertiary/aromatic N) is 1. The normalized spacial score (nSPS) is 15.9. The van der Waals surface area contributed by atoms with Gasteiger partial charge in [-0.2, -0.15) is 0 Å². The highest BCUT2D eigenvalue weighted by atomic mass is 32.2. The number of carbonyl (C=O) groups excluding carboxylic acids is 1. The van der Waals surface area contributed by atoms with Crippen LogP contribution >= 0.6 is 11.8 Å². The Morgan fingerprint density at radius 2 is 2.08 bits per heavy atom. The fourth-order valence-corrected chi connectivity index (χ4v) is 3.41. The summed E-state index contributed by atoms with van der Waals surface area (Å²) in [6, 6.07) is 7.46. The third-order valence-electron chi connectivity index (χ3n) is 3.88. The Kier molecular flexibility index (Phi) is 5.33. The first-order valence-electron chi connectivity index (χ1n) is 8.25. The molecular weight excluding hydrogens is 350 g/mol. The Bertz CT molecular complexity index is 913. The van der Waals surface area contributed by atoms with Crippen molar-refractivity contribution in [3.63, 3.8) is 0 Å². The standard InChI is InChI=1S/C19H19N3O3S/c1-4-9-26-19-21-17-16(18(24)22-19)14(10-15(23)20-17)12-5-7-13(8-6-12)25-11(2)3/h1,5-8,11,14H,9-10H2,2-3H3,(H2,20,21,22,23,24). The molecule has 3 rings (SSSR count). The molecule has 1 aliphatic rings. The number of nitrogens with one attached hydrogen (secondary N) is 2. The van der Waals surface area contributed by atoms with Crippen molar-refractivity contribution in [2.24, 2.45) is 0 Å². The average molecular weight is 369 g/mol. The highest BCUT2D eigenvalue weighted by Gasteiger charge is 2.30. The van der Waals surface area contributed by atoms with Crippen molar-refractivity contribution in [1.82, 2.24) is 9.97 Å². The summed E-state index contributed by atoms with van der Waals surface area (Å²) in [6.07, 6.45) is 5.51. The molecule has 0 saturated carbocycles. The number of H-pyrrole nitrogens is 1. The van der Waals surface area contributed by atoms with Gasteiger partial charge in [0.2, 0.25) is 5.91 Å². The van der Waals surface area contributed by atoms with E-state index in [2.05, 4.69) is 21.2 Å². The molecule has 7 heteroatoms. The van der Waals surface area contributed by atoms with Crippen molar-refractivity contribution in [3.8, 4) is 18.1 Å². The number of rotatable bonds is 5. The fraction of sp³-hybridized carbons (Fsp3) is 0.316. The molecule has 6 nitrogen and oxygen atoms in total. The molecule has 1 unspecified atom stereocenters. The number of thioether (sulfide) groups is 1. The van der Waals surface area contributed by atoms with Crippen molar-refractivity contribution < 1.29 is 9.53 Å². The van der Waals surface area contributed by atoms with Gasteiger partial charge in [-0.05, 0) is 31.5 Å². The molecule has 134 valence electrons. The Labute approximate surface area is 155 Å². The number of terminal acetylenes is 1. The maximum atomic E-state index is 12.6. The van der Waals surface area contributed by atoms with Crippen LogP contribution in [0.15, 0.2) is 34.2 Å². The zero-order valence-corrected chi connectivity index (χ0v) is 15.4. The fourth-order valence-electron chi connectivity index (χ4n) is 2.86. The van der Waals surface area contributed by atoms with Crippen LogP contribution in [0.1, 0.15) is 37.3 Å². The molecule has 1 aromatic heterocycles. The number of amides is 1. The van der Waals surface area contributed by atoms with Gasteiger partial charge < -0.3 is 15.0 Å². The number of benzene rings is 1. The lowest BCUT2D eigenvalue weighted by Crippen LogP contribution is -2.31. The Hall–Kier alpha value is -2.72. The molecule has 0 saturated heterocycles. The summed E-state index contributed by atoms with van der Waals surface area (Å²) >= 11 is 1.24. The molecule has 1 atom stereocenters.